The van der Waals surface area contributed by atoms with Gasteiger partial charge in [-0.2, -0.15) is 0 Å². The van der Waals surface area contributed by atoms with Crippen LogP contribution in [-0.4, -0.2) is 109 Å². The van der Waals surface area contributed by atoms with E-state index in [9.17, 15) is 34.4 Å². The van der Waals surface area contributed by atoms with Gasteiger partial charge in [0, 0.05) is 25.2 Å². The molecule has 0 aromatic rings. The third-order valence-corrected chi connectivity index (χ3v) is 13.0. The number of allylic oxidation sites excluding steroid dienone is 2. The van der Waals surface area contributed by atoms with E-state index in [0.29, 0.717) is 49.6 Å². The summed E-state index contributed by atoms with van der Waals surface area (Å²) in [5, 5.41) is 31.4. The minimum absolute atomic E-state index is 0.00524. The summed E-state index contributed by atoms with van der Waals surface area (Å²) in [6, 6.07) is 0. The predicted octanol–water partition coefficient (Wildman–Crippen LogP) is 11.1. The van der Waals surface area contributed by atoms with Crippen molar-refractivity contribution in [3.63, 3.8) is 0 Å². The van der Waals surface area contributed by atoms with Gasteiger partial charge in [0.25, 0.3) is 0 Å². The number of rotatable bonds is 42. The highest BCUT2D eigenvalue weighted by Gasteiger charge is 2.39. The Morgan fingerprint density at radius 3 is 1.76 bits per heavy atom. The number of carbonyl (C=O) groups excluding carboxylic acids is 2. The third kappa shape index (κ3) is 34.4. The Balaban J connectivity index is 2.41. The average molecular weight is 917 g/mol. The zero-order valence-corrected chi connectivity index (χ0v) is 41.5. The Labute approximate surface area is 384 Å². The molecular weight excluding hydrogens is 822 g/mol. The van der Waals surface area contributed by atoms with Crippen LogP contribution in [-0.2, 0) is 32.7 Å². The number of aliphatic hydroxyl groups excluding tert-OH is 3. The van der Waals surface area contributed by atoms with E-state index in [4.69, 9.17) is 18.5 Å². The van der Waals surface area contributed by atoms with E-state index in [1.54, 1.807) is 6.08 Å². The van der Waals surface area contributed by atoms with Crippen molar-refractivity contribution in [2.75, 3.05) is 47.5 Å². The van der Waals surface area contributed by atoms with Gasteiger partial charge >= 0.3 is 19.8 Å². The number of esters is 2. The zero-order valence-electron chi connectivity index (χ0n) is 40.6. The summed E-state index contributed by atoms with van der Waals surface area (Å²) in [6.07, 6.45) is 34.6. The minimum atomic E-state index is -4.44. The molecule has 1 unspecified atom stereocenters. The summed E-state index contributed by atoms with van der Waals surface area (Å²) in [6.45, 7) is 4.08. The largest absolute Gasteiger partial charge is 0.472 e. The number of hydrogen-bond donors (Lipinski definition) is 4. The molecule has 4 N–H and O–H groups in total. The quantitative estimate of drug-likeness (QED) is 0.0151. The molecule has 0 aliphatic heterocycles. The van der Waals surface area contributed by atoms with Crippen LogP contribution in [0.4, 0.5) is 0 Å². The number of phosphoric ester groups is 1. The van der Waals surface area contributed by atoms with Crippen LogP contribution in [0.2, 0.25) is 0 Å². The SMILES string of the molecule is CCCCCCCCCCCCCCCCCCCCCC(=O)O[C@H](COC(=O)CCC/C=C/C[C@@H]1[C@@H](/C=C/[C@@H](O)CCCCC)[C@H](O)C[C@@H]1O)COP(=O)(O)OCC[N+](C)(C)C. The molecule has 1 aliphatic rings. The Morgan fingerprint density at radius 2 is 1.21 bits per heavy atom. The molecule has 370 valence electrons. The fourth-order valence-corrected chi connectivity index (χ4v) is 8.75. The first-order chi connectivity index (χ1) is 30.2. The molecule has 7 atom stereocenters. The standard InChI is InChI=1S/C50H94NO11P/c1-6-8-10-11-12-13-14-15-16-17-18-19-20-21-22-23-24-25-31-35-50(56)62-44(42-61-63(57,58)60-39-38-51(3,4)5)41-59-49(55)34-30-27-26-29-33-45-46(48(54)40-47(45)53)37-36-43(52)32-28-9-7-2/h26,29,36-37,43-48,52-54H,6-25,27-28,30-35,38-42H2,1-5H3/p+1/b29-26+,37-36+/t43-,44+,45+,46+,47-,48+/m0/s1. The first-order valence-corrected chi connectivity index (χ1v) is 26.8. The van der Waals surface area contributed by atoms with E-state index >= 15 is 0 Å². The second kappa shape index (κ2) is 37.5. The number of quaternary nitrogens is 1. The molecule has 0 aromatic carbocycles. The van der Waals surface area contributed by atoms with Crippen molar-refractivity contribution in [3.05, 3.63) is 24.3 Å². The van der Waals surface area contributed by atoms with Crippen molar-refractivity contribution in [1.82, 2.24) is 0 Å². The van der Waals surface area contributed by atoms with Gasteiger partial charge in [0.05, 0.1) is 46.1 Å². The molecule has 0 heterocycles. The number of ether oxygens (including phenoxy) is 2. The van der Waals surface area contributed by atoms with Crippen LogP contribution in [0.15, 0.2) is 24.3 Å². The second-order valence-corrected chi connectivity index (χ2v) is 20.6. The van der Waals surface area contributed by atoms with Gasteiger partial charge in [0.15, 0.2) is 6.10 Å². The molecule has 12 nitrogen and oxygen atoms in total. The van der Waals surface area contributed by atoms with E-state index in [-0.39, 0.29) is 37.9 Å². The van der Waals surface area contributed by atoms with Crippen LogP contribution in [0, 0.1) is 11.8 Å². The smallest absolute Gasteiger partial charge is 0.462 e. The second-order valence-electron chi connectivity index (χ2n) is 19.2. The highest BCUT2D eigenvalue weighted by Crippen LogP contribution is 2.43. The molecule has 0 spiro atoms. The number of aliphatic hydroxyl groups is 3. The van der Waals surface area contributed by atoms with Gasteiger partial charge in [-0.3, -0.25) is 18.6 Å². The van der Waals surface area contributed by atoms with Crippen LogP contribution in [0.1, 0.15) is 200 Å². The lowest BCUT2D eigenvalue weighted by molar-refractivity contribution is -0.870. The summed E-state index contributed by atoms with van der Waals surface area (Å²) >= 11 is 0. The van der Waals surface area contributed by atoms with Gasteiger partial charge in [0.2, 0.25) is 0 Å². The van der Waals surface area contributed by atoms with Crippen LogP contribution in [0.5, 0.6) is 0 Å². The van der Waals surface area contributed by atoms with E-state index in [0.717, 1.165) is 38.5 Å². The minimum Gasteiger partial charge on any atom is -0.462 e. The molecule has 0 amide bonds. The molecule has 1 fully saturated rings. The number of hydrogen-bond acceptors (Lipinski definition) is 10. The lowest BCUT2D eigenvalue weighted by Crippen LogP contribution is -2.37. The number of unbranched alkanes of at least 4 members (excludes halogenated alkanes) is 21. The van der Waals surface area contributed by atoms with E-state index < -0.39 is 50.8 Å². The van der Waals surface area contributed by atoms with Crippen molar-refractivity contribution < 1.29 is 57.4 Å². The van der Waals surface area contributed by atoms with E-state index in [1.165, 1.54) is 96.3 Å². The Hall–Kier alpha value is -1.63. The summed E-state index contributed by atoms with van der Waals surface area (Å²) in [7, 11) is 1.35. The molecule has 1 saturated carbocycles. The summed E-state index contributed by atoms with van der Waals surface area (Å²) in [5.41, 5.74) is 0. The first kappa shape index (κ1) is 59.4. The first-order valence-electron chi connectivity index (χ1n) is 25.3. The van der Waals surface area contributed by atoms with Crippen molar-refractivity contribution in [2.24, 2.45) is 11.8 Å². The van der Waals surface area contributed by atoms with Crippen LogP contribution < -0.4 is 0 Å². The van der Waals surface area contributed by atoms with Crippen molar-refractivity contribution >= 4 is 19.8 Å². The van der Waals surface area contributed by atoms with Gasteiger partial charge < -0.3 is 34.2 Å². The van der Waals surface area contributed by atoms with E-state index in [2.05, 4.69) is 13.8 Å². The van der Waals surface area contributed by atoms with Crippen molar-refractivity contribution in [1.29, 1.82) is 0 Å². The molecule has 13 heteroatoms. The highest BCUT2D eigenvalue weighted by molar-refractivity contribution is 7.47. The molecule has 0 radical (unpaired) electrons. The molecule has 1 aliphatic carbocycles. The normalized spacial score (nSPS) is 20.1. The third-order valence-electron chi connectivity index (χ3n) is 12.1. The highest BCUT2D eigenvalue weighted by atomic mass is 31.2. The van der Waals surface area contributed by atoms with Gasteiger partial charge in [-0.15, -0.1) is 0 Å². The Bertz CT molecular complexity index is 1240. The van der Waals surface area contributed by atoms with Gasteiger partial charge in [-0.05, 0) is 38.0 Å². The number of likely N-dealkylation sites (N-methyl/N-ethyl adjacent to an activating group) is 1. The average Bonchev–Trinajstić information content (AvgIpc) is 3.50. The molecule has 1 rings (SSSR count). The maximum atomic E-state index is 12.8. The fourth-order valence-electron chi connectivity index (χ4n) is 8.01. The van der Waals surface area contributed by atoms with E-state index in [1.807, 2.05) is 39.4 Å². The maximum absolute atomic E-state index is 12.8. The lowest BCUT2D eigenvalue weighted by atomic mass is 9.89. The van der Waals surface area contributed by atoms with Crippen LogP contribution >= 0.6 is 7.82 Å². The maximum Gasteiger partial charge on any atom is 0.472 e. The summed E-state index contributed by atoms with van der Waals surface area (Å²) in [4.78, 5) is 35.7. The zero-order chi connectivity index (χ0) is 46.6. The number of carbonyl (C=O) groups is 2. The fraction of sp³-hybridized carbons (Fsp3) is 0.880. The van der Waals surface area contributed by atoms with Gasteiger partial charge in [-0.25, -0.2) is 4.57 Å². The molecule has 0 aromatic heterocycles. The lowest BCUT2D eigenvalue weighted by Gasteiger charge is -2.24. The molecule has 0 saturated heterocycles. The number of nitrogens with zero attached hydrogens (tertiary/aromatic N) is 1. The molecular formula is C50H95NO11P+. The molecule has 0 bridgehead atoms. The van der Waals surface area contributed by atoms with Gasteiger partial charge in [0.1, 0.15) is 19.8 Å². The Morgan fingerprint density at radius 1 is 0.683 bits per heavy atom. The number of phosphoric acid groups is 1. The van der Waals surface area contributed by atoms with Crippen molar-refractivity contribution in [2.45, 2.75) is 224 Å². The Kier molecular flexibility index (Phi) is 35.3. The topological polar surface area (TPSA) is 169 Å². The summed E-state index contributed by atoms with van der Waals surface area (Å²) < 4.78 is 34.4. The monoisotopic (exact) mass is 917 g/mol. The van der Waals surface area contributed by atoms with Gasteiger partial charge in [-0.1, -0.05) is 173 Å². The van der Waals surface area contributed by atoms with Crippen LogP contribution in [0.3, 0.4) is 0 Å². The van der Waals surface area contributed by atoms with Crippen molar-refractivity contribution in [3.8, 4) is 0 Å². The molecule has 63 heavy (non-hydrogen) atoms. The van der Waals surface area contributed by atoms with Crippen LogP contribution in [0.25, 0.3) is 0 Å². The summed E-state index contributed by atoms with van der Waals surface area (Å²) in [5.74, 6) is -1.37. The predicted molar refractivity (Wildman–Crippen MR) is 254 cm³/mol.